The lowest BCUT2D eigenvalue weighted by Crippen LogP contribution is -2.09. The van der Waals surface area contributed by atoms with E-state index in [9.17, 15) is 0 Å². The highest BCUT2D eigenvalue weighted by Crippen LogP contribution is 2.24. The van der Waals surface area contributed by atoms with Crippen LogP contribution in [0.25, 0.3) is 0 Å². The molecule has 0 amide bonds. The molecule has 96 valence electrons. The number of hydrogen-bond donors (Lipinski definition) is 0. The number of nitrogens with zero attached hydrogens (tertiary/aromatic N) is 4. The van der Waals surface area contributed by atoms with Gasteiger partial charge in [-0.2, -0.15) is 5.10 Å². The van der Waals surface area contributed by atoms with Gasteiger partial charge in [0.15, 0.2) is 0 Å². The molecule has 0 N–H and O–H groups in total. The van der Waals surface area contributed by atoms with Crippen LogP contribution in [0, 0.1) is 6.92 Å². The molecule has 0 unspecified atom stereocenters. The van der Waals surface area contributed by atoms with Gasteiger partial charge in [0.1, 0.15) is 5.15 Å². The molecule has 0 aliphatic heterocycles. The third kappa shape index (κ3) is 1.85. The van der Waals surface area contributed by atoms with Crippen molar-refractivity contribution in [3.05, 3.63) is 34.1 Å². The third-order valence-electron chi connectivity index (χ3n) is 3.71. The SMILES string of the molecule is Cc1nn(C)c(Cl)c1Cn1cnc2c1CCCC2. The van der Waals surface area contributed by atoms with E-state index in [2.05, 4.69) is 14.6 Å². The molecule has 4 nitrogen and oxygen atoms in total. The summed E-state index contributed by atoms with van der Waals surface area (Å²) in [5.74, 6) is 0. The van der Waals surface area contributed by atoms with Gasteiger partial charge >= 0.3 is 0 Å². The van der Waals surface area contributed by atoms with Crippen LogP contribution >= 0.6 is 11.6 Å². The van der Waals surface area contributed by atoms with Gasteiger partial charge in [0.2, 0.25) is 0 Å². The molecule has 0 bridgehead atoms. The van der Waals surface area contributed by atoms with Crippen LogP contribution in [0.4, 0.5) is 0 Å². The Morgan fingerprint density at radius 2 is 2.11 bits per heavy atom. The zero-order chi connectivity index (χ0) is 12.7. The third-order valence-corrected chi connectivity index (χ3v) is 4.18. The van der Waals surface area contributed by atoms with Crippen molar-refractivity contribution in [2.75, 3.05) is 0 Å². The minimum Gasteiger partial charge on any atom is -0.330 e. The van der Waals surface area contributed by atoms with Crippen molar-refractivity contribution >= 4 is 11.6 Å². The Labute approximate surface area is 112 Å². The quantitative estimate of drug-likeness (QED) is 0.836. The van der Waals surface area contributed by atoms with Crippen molar-refractivity contribution in [1.82, 2.24) is 19.3 Å². The van der Waals surface area contributed by atoms with E-state index in [1.807, 2.05) is 20.3 Å². The van der Waals surface area contributed by atoms with Crippen LogP contribution in [0.1, 0.15) is 35.5 Å². The van der Waals surface area contributed by atoms with Gasteiger partial charge < -0.3 is 4.57 Å². The Morgan fingerprint density at radius 1 is 1.33 bits per heavy atom. The minimum atomic E-state index is 0.728. The Kier molecular flexibility index (Phi) is 2.90. The molecule has 0 atom stereocenters. The zero-order valence-corrected chi connectivity index (χ0v) is 11.5. The van der Waals surface area contributed by atoms with Crippen LogP contribution in [-0.2, 0) is 26.4 Å². The molecule has 0 aromatic carbocycles. The van der Waals surface area contributed by atoms with Gasteiger partial charge in [-0.1, -0.05) is 11.6 Å². The lowest BCUT2D eigenvalue weighted by Gasteiger charge is -2.13. The van der Waals surface area contributed by atoms with E-state index in [4.69, 9.17) is 11.6 Å². The molecule has 1 aliphatic carbocycles. The van der Waals surface area contributed by atoms with E-state index in [0.717, 1.165) is 35.8 Å². The molecule has 0 spiro atoms. The number of rotatable bonds is 2. The normalized spacial score (nSPS) is 14.8. The first-order chi connectivity index (χ1) is 8.66. The second-order valence-electron chi connectivity index (χ2n) is 4.95. The number of halogens is 1. The topological polar surface area (TPSA) is 35.6 Å². The molecule has 3 rings (SSSR count). The van der Waals surface area contributed by atoms with Crippen LogP contribution < -0.4 is 0 Å². The Hall–Kier alpha value is -1.29. The molecule has 0 saturated carbocycles. The second-order valence-corrected chi connectivity index (χ2v) is 5.31. The summed E-state index contributed by atoms with van der Waals surface area (Å²) in [5.41, 5.74) is 4.74. The van der Waals surface area contributed by atoms with E-state index in [1.54, 1.807) is 4.68 Å². The number of hydrogen-bond acceptors (Lipinski definition) is 2. The van der Waals surface area contributed by atoms with E-state index >= 15 is 0 Å². The standard InChI is InChI=1S/C13H17ClN4/c1-9-10(13(14)17(2)16-9)7-18-8-15-11-5-3-4-6-12(11)18/h8H,3-7H2,1-2H3. The molecular formula is C13H17ClN4. The summed E-state index contributed by atoms with van der Waals surface area (Å²) in [5, 5.41) is 5.08. The predicted octanol–water partition coefficient (Wildman–Crippen LogP) is 2.51. The fourth-order valence-corrected chi connectivity index (χ4v) is 2.93. The van der Waals surface area contributed by atoms with Crippen LogP contribution in [-0.4, -0.2) is 19.3 Å². The predicted molar refractivity (Wildman–Crippen MR) is 70.9 cm³/mol. The fraction of sp³-hybridized carbons (Fsp3) is 0.538. The first-order valence-electron chi connectivity index (χ1n) is 6.37. The molecule has 18 heavy (non-hydrogen) atoms. The van der Waals surface area contributed by atoms with Crippen molar-refractivity contribution < 1.29 is 0 Å². The minimum absolute atomic E-state index is 0.728. The van der Waals surface area contributed by atoms with Crippen LogP contribution in [0.2, 0.25) is 5.15 Å². The molecule has 5 heteroatoms. The smallest absolute Gasteiger partial charge is 0.131 e. The van der Waals surface area contributed by atoms with E-state index < -0.39 is 0 Å². The highest BCUT2D eigenvalue weighted by atomic mass is 35.5. The van der Waals surface area contributed by atoms with Crippen molar-refractivity contribution in [2.45, 2.75) is 39.2 Å². The molecule has 2 heterocycles. The zero-order valence-electron chi connectivity index (χ0n) is 10.8. The van der Waals surface area contributed by atoms with Crippen LogP contribution in [0.3, 0.4) is 0 Å². The van der Waals surface area contributed by atoms with Crippen molar-refractivity contribution in [2.24, 2.45) is 7.05 Å². The monoisotopic (exact) mass is 264 g/mol. The second kappa shape index (κ2) is 4.43. The first kappa shape index (κ1) is 11.8. The Balaban J connectivity index is 1.95. The maximum Gasteiger partial charge on any atom is 0.131 e. The summed E-state index contributed by atoms with van der Waals surface area (Å²) in [6.07, 6.45) is 6.71. The van der Waals surface area contributed by atoms with Crippen LogP contribution in [0.15, 0.2) is 6.33 Å². The summed E-state index contributed by atoms with van der Waals surface area (Å²) < 4.78 is 3.96. The van der Waals surface area contributed by atoms with Gasteiger partial charge in [0.25, 0.3) is 0 Å². The van der Waals surface area contributed by atoms with Gasteiger partial charge in [0.05, 0.1) is 24.3 Å². The lowest BCUT2D eigenvalue weighted by molar-refractivity contribution is 0.628. The maximum atomic E-state index is 6.28. The Morgan fingerprint density at radius 3 is 2.83 bits per heavy atom. The first-order valence-corrected chi connectivity index (χ1v) is 6.75. The van der Waals surface area contributed by atoms with Gasteiger partial charge in [-0.3, -0.25) is 4.68 Å². The summed E-state index contributed by atoms with van der Waals surface area (Å²) in [6.45, 7) is 2.78. The van der Waals surface area contributed by atoms with Gasteiger partial charge in [-0.25, -0.2) is 4.98 Å². The largest absolute Gasteiger partial charge is 0.330 e. The van der Waals surface area contributed by atoms with Crippen molar-refractivity contribution in [3.8, 4) is 0 Å². The molecule has 1 aliphatic rings. The molecule has 2 aromatic rings. The van der Waals surface area contributed by atoms with Gasteiger partial charge in [-0.15, -0.1) is 0 Å². The summed E-state index contributed by atoms with van der Waals surface area (Å²) in [6, 6.07) is 0. The number of fused-ring (bicyclic) bond motifs is 1. The highest BCUT2D eigenvalue weighted by Gasteiger charge is 2.18. The fourth-order valence-electron chi connectivity index (χ4n) is 2.69. The number of aryl methyl sites for hydroxylation is 3. The molecule has 0 fully saturated rings. The molecule has 2 aromatic heterocycles. The lowest BCUT2D eigenvalue weighted by atomic mass is 10.0. The molecule has 0 saturated heterocycles. The summed E-state index contributed by atoms with van der Waals surface area (Å²) in [4.78, 5) is 4.51. The Bertz CT molecular complexity index is 582. The van der Waals surface area contributed by atoms with Crippen LogP contribution in [0.5, 0.6) is 0 Å². The highest BCUT2D eigenvalue weighted by molar-refractivity contribution is 6.30. The van der Waals surface area contributed by atoms with E-state index in [1.165, 1.54) is 24.2 Å². The van der Waals surface area contributed by atoms with Gasteiger partial charge in [-0.05, 0) is 32.6 Å². The van der Waals surface area contributed by atoms with Crippen molar-refractivity contribution in [3.63, 3.8) is 0 Å². The molecule has 0 radical (unpaired) electrons. The van der Waals surface area contributed by atoms with E-state index in [-0.39, 0.29) is 0 Å². The van der Waals surface area contributed by atoms with E-state index in [0.29, 0.717) is 0 Å². The molecular weight excluding hydrogens is 248 g/mol. The maximum absolute atomic E-state index is 6.28. The number of imidazole rings is 1. The van der Waals surface area contributed by atoms with Gasteiger partial charge in [0, 0.05) is 18.3 Å². The summed E-state index contributed by atoms with van der Waals surface area (Å²) >= 11 is 6.28. The number of aromatic nitrogens is 4. The average Bonchev–Trinajstić information content (AvgIpc) is 2.87. The van der Waals surface area contributed by atoms with Crippen molar-refractivity contribution in [1.29, 1.82) is 0 Å². The summed E-state index contributed by atoms with van der Waals surface area (Å²) in [7, 11) is 1.88. The average molecular weight is 265 g/mol.